The van der Waals surface area contributed by atoms with Gasteiger partial charge in [0, 0.05) is 12.2 Å². The average molecular weight is 232 g/mol. The van der Waals surface area contributed by atoms with E-state index in [4.69, 9.17) is 5.73 Å². The molecule has 2 aliphatic heterocycles. The van der Waals surface area contributed by atoms with E-state index in [2.05, 4.69) is 10.4 Å². The summed E-state index contributed by atoms with van der Waals surface area (Å²) in [5, 5.41) is 7.70. The van der Waals surface area contributed by atoms with Gasteiger partial charge < -0.3 is 11.1 Å². The summed E-state index contributed by atoms with van der Waals surface area (Å²) < 4.78 is 1.93. The molecule has 3 rings (SSSR count). The van der Waals surface area contributed by atoms with E-state index < -0.39 is 5.91 Å². The molecule has 0 saturated carbocycles. The lowest BCUT2D eigenvalue weighted by molar-refractivity contribution is 0.0995. The van der Waals surface area contributed by atoms with Gasteiger partial charge in [-0.3, -0.25) is 4.79 Å². The van der Waals surface area contributed by atoms with E-state index in [0.29, 0.717) is 5.69 Å². The molecule has 0 aliphatic carbocycles. The van der Waals surface area contributed by atoms with Crippen LogP contribution in [0.25, 0.3) is 5.70 Å². The Morgan fingerprint density at radius 3 is 3.12 bits per heavy atom. The number of carbonyl (C=O) groups excluding carboxylic acids is 1. The van der Waals surface area contributed by atoms with Gasteiger partial charge in [0.15, 0.2) is 5.69 Å². The molecule has 90 valence electrons. The van der Waals surface area contributed by atoms with E-state index in [9.17, 15) is 4.79 Å². The lowest BCUT2D eigenvalue weighted by atomic mass is 10.0. The van der Waals surface area contributed by atoms with Gasteiger partial charge >= 0.3 is 0 Å². The molecule has 3 N–H and O–H groups in total. The van der Waals surface area contributed by atoms with E-state index in [1.807, 2.05) is 10.7 Å². The first-order valence-electron chi connectivity index (χ1n) is 6.06. The zero-order chi connectivity index (χ0) is 11.8. The SMILES string of the molecule is NC(=O)c1cc2n(n1)C1=C(CCC2)CCNC1. The molecule has 2 aliphatic rings. The number of hydrogen-bond donors (Lipinski definition) is 2. The van der Waals surface area contributed by atoms with E-state index in [0.717, 1.165) is 44.5 Å². The van der Waals surface area contributed by atoms with E-state index in [1.165, 1.54) is 11.3 Å². The third-order valence-electron chi connectivity index (χ3n) is 3.51. The highest BCUT2D eigenvalue weighted by molar-refractivity contribution is 5.91. The minimum absolute atomic E-state index is 0.374. The zero-order valence-corrected chi connectivity index (χ0v) is 9.70. The van der Waals surface area contributed by atoms with E-state index >= 15 is 0 Å². The number of nitrogens with two attached hydrogens (primary N) is 1. The van der Waals surface area contributed by atoms with Gasteiger partial charge in [-0.1, -0.05) is 0 Å². The van der Waals surface area contributed by atoms with Crippen molar-refractivity contribution in [3.8, 4) is 0 Å². The Balaban J connectivity index is 2.10. The normalized spacial score (nSPS) is 19.5. The number of fused-ring (bicyclic) bond motifs is 2. The molecule has 0 radical (unpaired) electrons. The molecule has 1 aromatic rings. The second-order valence-electron chi connectivity index (χ2n) is 4.63. The summed E-state index contributed by atoms with van der Waals surface area (Å²) >= 11 is 0. The number of carbonyl (C=O) groups is 1. The average Bonchev–Trinajstić information content (AvgIpc) is 2.67. The Kier molecular flexibility index (Phi) is 2.48. The molecule has 5 nitrogen and oxygen atoms in total. The largest absolute Gasteiger partial charge is 0.364 e. The van der Waals surface area contributed by atoms with Crippen LogP contribution in [0.15, 0.2) is 11.6 Å². The number of hydrogen-bond acceptors (Lipinski definition) is 3. The highest BCUT2D eigenvalue weighted by Crippen LogP contribution is 2.27. The Morgan fingerprint density at radius 2 is 2.29 bits per heavy atom. The maximum atomic E-state index is 11.2. The molecule has 0 atom stereocenters. The number of aryl methyl sites for hydroxylation is 1. The van der Waals surface area contributed by atoms with Gasteiger partial charge in [-0.25, -0.2) is 4.68 Å². The fraction of sp³-hybridized carbons (Fsp3) is 0.500. The standard InChI is InChI=1S/C12H16N4O/c13-12(17)10-6-9-3-1-2-8-4-5-14-7-11(8)16(9)15-10/h6,14H,1-5,7H2,(H2,13,17). The van der Waals surface area contributed by atoms with Crippen LogP contribution < -0.4 is 11.1 Å². The second-order valence-corrected chi connectivity index (χ2v) is 4.63. The number of rotatable bonds is 1. The quantitative estimate of drug-likeness (QED) is 0.741. The van der Waals surface area contributed by atoms with Crippen LogP contribution in [0.1, 0.15) is 35.4 Å². The highest BCUT2D eigenvalue weighted by Gasteiger charge is 2.22. The van der Waals surface area contributed by atoms with Gasteiger partial charge in [0.1, 0.15) is 0 Å². The van der Waals surface area contributed by atoms with Crippen molar-refractivity contribution in [2.24, 2.45) is 5.73 Å². The molecular formula is C12H16N4O. The second kappa shape index (κ2) is 4.00. The molecule has 0 fully saturated rings. The van der Waals surface area contributed by atoms with Crippen LogP contribution in [0.4, 0.5) is 0 Å². The van der Waals surface area contributed by atoms with Gasteiger partial charge in [0.05, 0.1) is 5.70 Å². The number of primary amides is 1. The molecular weight excluding hydrogens is 216 g/mol. The van der Waals surface area contributed by atoms with Crippen molar-refractivity contribution in [3.63, 3.8) is 0 Å². The summed E-state index contributed by atoms with van der Waals surface area (Å²) in [7, 11) is 0. The van der Waals surface area contributed by atoms with Crippen LogP contribution >= 0.6 is 0 Å². The summed E-state index contributed by atoms with van der Waals surface area (Å²) in [4.78, 5) is 11.2. The first kappa shape index (κ1) is 10.5. The van der Waals surface area contributed by atoms with Crippen molar-refractivity contribution in [2.45, 2.75) is 25.7 Å². The Morgan fingerprint density at radius 1 is 1.41 bits per heavy atom. The van der Waals surface area contributed by atoms with Gasteiger partial charge in [0.25, 0.3) is 5.91 Å². The molecule has 1 amide bonds. The summed E-state index contributed by atoms with van der Waals surface area (Å²) in [6.45, 7) is 1.88. The number of aromatic nitrogens is 2. The Labute approximate surface area is 99.7 Å². The van der Waals surface area contributed by atoms with Gasteiger partial charge in [-0.2, -0.15) is 5.10 Å². The van der Waals surface area contributed by atoms with E-state index in [1.54, 1.807) is 0 Å². The van der Waals surface area contributed by atoms with Crippen molar-refractivity contribution in [2.75, 3.05) is 13.1 Å². The number of nitrogens with one attached hydrogen (secondary N) is 1. The molecule has 3 heterocycles. The molecule has 0 saturated heterocycles. The lowest BCUT2D eigenvalue weighted by Crippen LogP contribution is -2.27. The molecule has 5 heteroatoms. The van der Waals surface area contributed by atoms with Crippen LogP contribution in [0.3, 0.4) is 0 Å². The summed E-state index contributed by atoms with van der Waals surface area (Å²) in [6.07, 6.45) is 4.32. The van der Waals surface area contributed by atoms with Crippen LogP contribution in [0.2, 0.25) is 0 Å². The van der Waals surface area contributed by atoms with Crippen molar-refractivity contribution in [3.05, 3.63) is 23.0 Å². The van der Waals surface area contributed by atoms with Gasteiger partial charge in [-0.05, 0) is 43.9 Å². The van der Waals surface area contributed by atoms with E-state index in [-0.39, 0.29) is 0 Å². The smallest absolute Gasteiger partial charge is 0.269 e. The maximum absolute atomic E-state index is 11.2. The summed E-state index contributed by atoms with van der Waals surface area (Å²) in [6, 6.07) is 1.83. The number of nitrogens with zero attached hydrogens (tertiary/aromatic N) is 2. The molecule has 17 heavy (non-hydrogen) atoms. The third kappa shape index (κ3) is 1.76. The number of amides is 1. The molecule has 0 bridgehead atoms. The Bertz CT molecular complexity index is 501. The maximum Gasteiger partial charge on any atom is 0.269 e. The van der Waals surface area contributed by atoms with Crippen molar-refractivity contribution in [1.29, 1.82) is 0 Å². The zero-order valence-electron chi connectivity index (χ0n) is 9.70. The predicted octanol–water partition coefficient (Wildman–Crippen LogP) is 0.523. The predicted molar refractivity (Wildman–Crippen MR) is 64.4 cm³/mol. The highest BCUT2D eigenvalue weighted by atomic mass is 16.1. The van der Waals surface area contributed by atoms with Crippen molar-refractivity contribution >= 4 is 11.6 Å². The topological polar surface area (TPSA) is 72.9 Å². The van der Waals surface area contributed by atoms with Crippen LogP contribution in [0, 0.1) is 0 Å². The summed E-state index contributed by atoms with van der Waals surface area (Å²) in [5.74, 6) is -0.448. The van der Waals surface area contributed by atoms with Gasteiger partial charge in [0.2, 0.25) is 0 Å². The van der Waals surface area contributed by atoms with Gasteiger partial charge in [-0.15, -0.1) is 0 Å². The van der Waals surface area contributed by atoms with Crippen molar-refractivity contribution < 1.29 is 4.79 Å². The summed E-state index contributed by atoms with van der Waals surface area (Å²) in [5.41, 5.74) is 9.46. The van der Waals surface area contributed by atoms with Crippen molar-refractivity contribution in [1.82, 2.24) is 15.1 Å². The lowest BCUT2D eigenvalue weighted by Gasteiger charge is -2.20. The molecule has 0 spiro atoms. The van der Waals surface area contributed by atoms with Crippen LogP contribution in [-0.2, 0) is 6.42 Å². The van der Waals surface area contributed by atoms with Crippen LogP contribution in [-0.4, -0.2) is 28.8 Å². The monoisotopic (exact) mass is 232 g/mol. The third-order valence-corrected chi connectivity index (χ3v) is 3.51. The minimum Gasteiger partial charge on any atom is -0.364 e. The fourth-order valence-electron chi connectivity index (χ4n) is 2.64. The molecule has 0 unspecified atom stereocenters. The molecule has 0 aromatic carbocycles. The van der Waals surface area contributed by atoms with Crippen LogP contribution in [0.5, 0.6) is 0 Å². The first-order valence-corrected chi connectivity index (χ1v) is 6.06. The molecule has 1 aromatic heterocycles. The minimum atomic E-state index is -0.448. The Hall–Kier alpha value is -1.62. The first-order chi connectivity index (χ1) is 8.25. The fourth-order valence-corrected chi connectivity index (χ4v) is 2.64.